The maximum absolute atomic E-state index is 3.32. The Labute approximate surface area is 29.2 Å². The van der Waals surface area contributed by atoms with Crippen LogP contribution in [0, 0.1) is 0 Å². The van der Waals surface area contributed by atoms with Crippen molar-refractivity contribution in [3.8, 4) is 0 Å². The lowest BCUT2D eigenvalue weighted by molar-refractivity contribution is 1.41. The summed E-state index contributed by atoms with van der Waals surface area (Å²) in [6.07, 6.45) is 1.54. The van der Waals surface area contributed by atoms with E-state index in [0.29, 0.717) is 0 Å². The fraction of sp³-hybridized carbons (Fsp3) is 0. The zero-order chi connectivity index (χ0) is 3.41. The van der Waals surface area contributed by atoms with Crippen LogP contribution in [0.25, 0.3) is 0 Å². The number of rotatable bonds is 1. The summed E-state index contributed by atoms with van der Waals surface area (Å²) >= 11 is 0. The van der Waals surface area contributed by atoms with Crippen LogP contribution < -0.4 is 4.98 Å². The molecular formula is C2H4NSi. The monoisotopic (exact) mass is 70.0 g/mol. The third kappa shape index (κ3) is 1.76. The van der Waals surface area contributed by atoms with E-state index < -0.39 is 0 Å². The summed E-state index contributed by atoms with van der Waals surface area (Å²) in [5.41, 5.74) is 0. The summed E-state index contributed by atoms with van der Waals surface area (Å²) in [7, 11) is 2.92. The first kappa shape index (κ1) is 3.76. The number of nitrogens with one attached hydrogen (secondary N) is 1. The topological polar surface area (TPSA) is 12.0 Å². The third-order valence-electron chi connectivity index (χ3n) is 0.102. The average Bonchev–Trinajstić information content (AvgIpc) is 1.37. The van der Waals surface area contributed by atoms with Crippen molar-refractivity contribution >= 4 is 10.4 Å². The molecule has 1 nitrogen and oxygen atoms in total. The van der Waals surface area contributed by atoms with Crippen molar-refractivity contribution < 1.29 is 0 Å². The van der Waals surface area contributed by atoms with Gasteiger partial charge in [-0.2, -0.15) is 0 Å². The van der Waals surface area contributed by atoms with E-state index in [-0.39, 0.29) is 0 Å². The molecular weight excluding hydrogens is 66.1 g/mol. The zero-order valence-corrected chi connectivity index (χ0v) is 3.28. The second-order valence-electron chi connectivity index (χ2n) is 0.348. The minimum atomic E-state index is 1.54. The summed E-state index contributed by atoms with van der Waals surface area (Å²) in [6.45, 7) is 3.32. The molecule has 0 amide bonds. The van der Waals surface area contributed by atoms with Gasteiger partial charge in [0.05, 0.1) is 0 Å². The van der Waals surface area contributed by atoms with Crippen LogP contribution in [-0.4, -0.2) is 10.4 Å². The summed E-state index contributed by atoms with van der Waals surface area (Å²) in [5, 5.41) is 0. The highest BCUT2D eigenvalue weighted by Crippen LogP contribution is 1.30. The minimum absolute atomic E-state index is 1.54. The van der Waals surface area contributed by atoms with E-state index in [4.69, 9.17) is 0 Å². The molecule has 4 heavy (non-hydrogen) atoms. The molecule has 0 aromatic rings. The molecule has 0 heterocycles. The SMILES string of the molecule is C=CN[Si]. The summed E-state index contributed by atoms with van der Waals surface area (Å²) in [5.74, 6) is 0. The maximum Gasteiger partial charge on any atom is 0.185 e. The Balaban J connectivity index is 2.30. The molecule has 0 aliphatic rings. The van der Waals surface area contributed by atoms with Crippen LogP contribution in [-0.2, 0) is 0 Å². The van der Waals surface area contributed by atoms with Crippen molar-refractivity contribution in [3.05, 3.63) is 12.8 Å². The summed E-state index contributed by atoms with van der Waals surface area (Å²) < 4.78 is 0. The Morgan fingerprint density at radius 2 is 2.25 bits per heavy atom. The molecule has 0 aromatic heterocycles. The molecule has 0 bridgehead atoms. The highest BCUT2D eigenvalue weighted by Gasteiger charge is 1.38. The normalized spacial score (nSPS) is 5.25. The van der Waals surface area contributed by atoms with E-state index in [1.165, 1.54) is 6.20 Å². The fourth-order valence-electron chi connectivity index (χ4n) is 0. The molecule has 0 fully saturated rings. The van der Waals surface area contributed by atoms with Gasteiger partial charge in [0.2, 0.25) is 0 Å². The van der Waals surface area contributed by atoms with Crippen LogP contribution in [0.3, 0.4) is 0 Å². The van der Waals surface area contributed by atoms with Crippen LogP contribution in [0.5, 0.6) is 0 Å². The Morgan fingerprint density at radius 1 is 2.00 bits per heavy atom. The molecule has 3 radical (unpaired) electrons. The largest absolute Gasteiger partial charge is 0.419 e. The van der Waals surface area contributed by atoms with E-state index >= 15 is 0 Å². The van der Waals surface area contributed by atoms with Crippen LogP contribution in [0.2, 0.25) is 0 Å². The molecule has 0 rings (SSSR count). The smallest absolute Gasteiger partial charge is 0.185 e. The van der Waals surface area contributed by atoms with Gasteiger partial charge in [-0.3, -0.25) is 0 Å². The predicted molar refractivity (Wildman–Crippen MR) is 19.1 cm³/mol. The van der Waals surface area contributed by atoms with Crippen LogP contribution in [0.1, 0.15) is 0 Å². The lowest BCUT2D eigenvalue weighted by Gasteiger charge is -1.69. The van der Waals surface area contributed by atoms with Gasteiger partial charge in [0, 0.05) is 0 Å². The van der Waals surface area contributed by atoms with Crippen molar-refractivity contribution in [1.82, 2.24) is 4.98 Å². The van der Waals surface area contributed by atoms with E-state index in [1.54, 1.807) is 0 Å². The van der Waals surface area contributed by atoms with Gasteiger partial charge >= 0.3 is 0 Å². The lowest BCUT2D eigenvalue weighted by Crippen LogP contribution is -1.91. The van der Waals surface area contributed by atoms with Gasteiger partial charge in [0.15, 0.2) is 10.4 Å². The first-order valence-corrected chi connectivity index (χ1v) is 1.45. The van der Waals surface area contributed by atoms with E-state index in [1.807, 2.05) is 0 Å². The summed E-state index contributed by atoms with van der Waals surface area (Å²) in [6, 6.07) is 0. The maximum atomic E-state index is 3.32. The molecule has 21 valence electrons. The molecule has 0 spiro atoms. The Kier molecular flexibility index (Phi) is 2.59. The second-order valence-corrected chi connectivity index (χ2v) is 0.637. The molecule has 0 saturated heterocycles. The van der Waals surface area contributed by atoms with Gasteiger partial charge < -0.3 is 4.98 Å². The quantitative estimate of drug-likeness (QED) is 0.421. The molecule has 0 atom stereocenters. The second kappa shape index (κ2) is 2.76. The molecule has 1 N–H and O–H groups in total. The van der Waals surface area contributed by atoms with Crippen molar-refractivity contribution in [2.24, 2.45) is 0 Å². The van der Waals surface area contributed by atoms with Gasteiger partial charge in [-0.25, -0.2) is 0 Å². The highest BCUT2D eigenvalue weighted by atomic mass is 28.2. The van der Waals surface area contributed by atoms with Gasteiger partial charge in [-0.1, -0.05) is 6.58 Å². The van der Waals surface area contributed by atoms with Gasteiger partial charge in [0.1, 0.15) is 0 Å². The van der Waals surface area contributed by atoms with Gasteiger partial charge in [0.25, 0.3) is 0 Å². The van der Waals surface area contributed by atoms with E-state index in [9.17, 15) is 0 Å². The first-order chi connectivity index (χ1) is 1.91. The highest BCUT2D eigenvalue weighted by molar-refractivity contribution is 6.04. The minimum Gasteiger partial charge on any atom is -0.419 e. The van der Waals surface area contributed by atoms with Crippen molar-refractivity contribution in [1.29, 1.82) is 0 Å². The number of hydrogen-bond acceptors (Lipinski definition) is 1. The zero-order valence-electron chi connectivity index (χ0n) is 2.28. The average molecular weight is 70.1 g/mol. The van der Waals surface area contributed by atoms with Crippen molar-refractivity contribution in [2.75, 3.05) is 0 Å². The summed E-state index contributed by atoms with van der Waals surface area (Å²) in [4.78, 5) is 2.50. The predicted octanol–water partition coefficient (Wildman–Crippen LogP) is -0.197. The van der Waals surface area contributed by atoms with Crippen LogP contribution in [0.4, 0.5) is 0 Å². The standard InChI is InChI=1S/C2H4NSi/c1-2-3-4/h2-3H,1H2. The van der Waals surface area contributed by atoms with E-state index in [2.05, 4.69) is 22.0 Å². The van der Waals surface area contributed by atoms with Crippen molar-refractivity contribution in [2.45, 2.75) is 0 Å². The molecule has 0 aliphatic heterocycles. The lowest BCUT2D eigenvalue weighted by atomic mass is 11.1. The Hall–Kier alpha value is -0.243. The van der Waals surface area contributed by atoms with E-state index in [0.717, 1.165) is 0 Å². The fourth-order valence-corrected chi connectivity index (χ4v) is 0. The number of hydrogen-bond donors (Lipinski definition) is 1. The van der Waals surface area contributed by atoms with Crippen LogP contribution >= 0.6 is 0 Å². The van der Waals surface area contributed by atoms with Crippen molar-refractivity contribution in [3.63, 3.8) is 0 Å². The first-order valence-electron chi connectivity index (χ1n) is 0.947. The Bertz CT molecular complexity index is 20.0. The molecule has 0 unspecified atom stereocenters. The molecule has 0 aliphatic carbocycles. The molecule has 2 heteroatoms. The van der Waals surface area contributed by atoms with Gasteiger partial charge in [-0.05, 0) is 6.20 Å². The Morgan fingerprint density at radius 3 is 2.25 bits per heavy atom. The van der Waals surface area contributed by atoms with Gasteiger partial charge in [-0.15, -0.1) is 0 Å². The van der Waals surface area contributed by atoms with Crippen LogP contribution in [0.15, 0.2) is 12.8 Å². The molecule has 0 saturated carbocycles. The third-order valence-corrected chi connectivity index (χ3v) is 0.306. The molecule has 0 aromatic carbocycles.